The molecule has 0 N–H and O–H groups in total. The van der Waals surface area contributed by atoms with Gasteiger partial charge in [-0.15, -0.1) is 0 Å². The predicted molar refractivity (Wildman–Crippen MR) is 86.5 cm³/mol. The summed E-state index contributed by atoms with van der Waals surface area (Å²) >= 11 is 6.02. The van der Waals surface area contributed by atoms with Crippen LogP contribution in [-0.2, 0) is 0 Å². The van der Waals surface area contributed by atoms with Gasteiger partial charge in [-0.2, -0.15) is 0 Å². The third-order valence-electron chi connectivity index (χ3n) is 4.32. The summed E-state index contributed by atoms with van der Waals surface area (Å²) in [6.45, 7) is 6.40. The second kappa shape index (κ2) is 7.20. The smallest absolute Gasteiger partial charge is 0.270 e. The van der Waals surface area contributed by atoms with Crippen LogP contribution in [0.4, 0.5) is 5.69 Å². The Kier molecular flexibility index (Phi) is 5.53. The van der Waals surface area contributed by atoms with E-state index in [1.807, 2.05) is 0 Å². The predicted octanol–water partition coefficient (Wildman–Crippen LogP) is 3.94. The minimum absolute atomic E-state index is 0.0251. The van der Waals surface area contributed by atoms with Gasteiger partial charge in [-0.3, -0.25) is 14.9 Å². The second-order valence-electron chi connectivity index (χ2n) is 6.12. The number of benzene rings is 1. The van der Waals surface area contributed by atoms with Crippen molar-refractivity contribution in [3.8, 4) is 0 Å². The van der Waals surface area contributed by atoms with Crippen molar-refractivity contribution in [2.75, 3.05) is 13.1 Å². The van der Waals surface area contributed by atoms with Crippen molar-refractivity contribution in [3.63, 3.8) is 0 Å². The van der Waals surface area contributed by atoms with E-state index in [1.54, 1.807) is 0 Å². The summed E-state index contributed by atoms with van der Waals surface area (Å²) in [5.74, 6) is 0.344. The van der Waals surface area contributed by atoms with Crippen LogP contribution in [0.1, 0.15) is 43.5 Å². The number of nitro groups is 1. The molecule has 120 valence electrons. The van der Waals surface area contributed by atoms with Crippen LogP contribution in [-0.4, -0.2) is 34.7 Å². The molecule has 22 heavy (non-hydrogen) atoms. The lowest BCUT2D eigenvalue weighted by Gasteiger charge is -2.34. The van der Waals surface area contributed by atoms with Crippen molar-refractivity contribution in [2.45, 2.75) is 39.2 Å². The number of non-ortho nitro benzene ring substituents is 1. The third kappa shape index (κ3) is 4.05. The summed E-state index contributed by atoms with van der Waals surface area (Å²) in [4.78, 5) is 25.0. The molecular formula is C16H21ClN2O3. The summed E-state index contributed by atoms with van der Waals surface area (Å²) in [6.07, 6.45) is 2.48. The average molecular weight is 325 g/mol. The van der Waals surface area contributed by atoms with Crippen LogP contribution in [0.25, 0.3) is 0 Å². The Morgan fingerprint density at radius 1 is 1.41 bits per heavy atom. The lowest BCUT2D eigenvalue weighted by Crippen LogP contribution is -2.38. The highest BCUT2D eigenvalue weighted by Crippen LogP contribution is 2.27. The van der Waals surface area contributed by atoms with E-state index in [0.717, 1.165) is 25.9 Å². The lowest BCUT2D eigenvalue weighted by atomic mass is 9.89. The number of rotatable bonds is 5. The summed E-state index contributed by atoms with van der Waals surface area (Å²) < 4.78 is 0. The molecule has 0 bridgehead atoms. The Bertz CT molecular complexity index is 567. The molecule has 1 aromatic carbocycles. The molecule has 0 unspecified atom stereocenters. The number of carbonyl (C=O) groups is 1. The number of nitro benzene ring substituents is 1. The Morgan fingerprint density at radius 2 is 2.05 bits per heavy atom. The summed E-state index contributed by atoms with van der Waals surface area (Å²) in [7, 11) is 0. The number of piperidine rings is 1. The summed E-state index contributed by atoms with van der Waals surface area (Å²) in [5, 5.41) is 10.9. The second-order valence-corrected chi connectivity index (χ2v) is 6.53. The Hall–Kier alpha value is -1.46. The number of carbonyl (C=O) groups excluding carboxylic acids is 1. The van der Waals surface area contributed by atoms with E-state index >= 15 is 0 Å². The molecule has 2 rings (SSSR count). The molecule has 0 spiro atoms. The Balaban J connectivity index is 1.97. The standard InChI is InChI=1S/C16H21ClN2O3/c1-11(2)18-7-5-12(6-8-18)9-16(20)14-4-3-13(19(21)22)10-15(14)17/h3-4,10-12H,5-9H2,1-2H3. The van der Waals surface area contributed by atoms with Gasteiger partial charge in [-0.25, -0.2) is 0 Å². The fraction of sp³-hybridized carbons (Fsp3) is 0.562. The van der Waals surface area contributed by atoms with Crippen LogP contribution in [0.2, 0.25) is 5.02 Å². The van der Waals surface area contributed by atoms with Crippen LogP contribution in [0.15, 0.2) is 18.2 Å². The number of ketones is 1. The molecule has 0 atom stereocenters. The first kappa shape index (κ1) is 16.9. The number of halogens is 1. The van der Waals surface area contributed by atoms with Gasteiger partial charge in [0, 0.05) is 30.2 Å². The normalized spacial score (nSPS) is 16.9. The quantitative estimate of drug-likeness (QED) is 0.467. The van der Waals surface area contributed by atoms with Crippen LogP contribution < -0.4 is 0 Å². The molecular weight excluding hydrogens is 304 g/mol. The van der Waals surface area contributed by atoms with E-state index < -0.39 is 4.92 Å². The first-order valence-corrected chi connectivity index (χ1v) is 7.97. The number of Topliss-reactive ketones (excluding diaryl/α,β-unsaturated/α-hetero) is 1. The zero-order chi connectivity index (χ0) is 16.3. The number of likely N-dealkylation sites (tertiary alicyclic amines) is 1. The van der Waals surface area contributed by atoms with Gasteiger partial charge < -0.3 is 4.90 Å². The molecule has 6 heteroatoms. The summed E-state index contributed by atoms with van der Waals surface area (Å²) in [5.41, 5.74) is 0.297. The van der Waals surface area contributed by atoms with Crippen molar-refractivity contribution in [1.29, 1.82) is 0 Å². The van der Waals surface area contributed by atoms with Gasteiger partial charge in [0.15, 0.2) is 5.78 Å². The van der Waals surface area contributed by atoms with Crippen LogP contribution in [0, 0.1) is 16.0 Å². The highest BCUT2D eigenvalue weighted by molar-refractivity contribution is 6.34. The van der Waals surface area contributed by atoms with E-state index in [2.05, 4.69) is 18.7 Å². The van der Waals surface area contributed by atoms with Crippen molar-refractivity contribution in [3.05, 3.63) is 38.9 Å². The summed E-state index contributed by atoms with van der Waals surface area (Å²) in [6, 6.07) is 4.59. The fourth-order valence-corrected chi connectivity index (χ4v) is 3.17. The molecule has 1 aliphatic rings. The Morgan fingerprint density at radius 3 is 2.55 bits per heavy atom. The van der Waals surface area contributed by atoms with E-state index in [0.29, 0.717) is 23.9 Å². The Labute approximate surface area is 135 Å². The van der Waals surface area contributed by atoms with Crippen molar-refractivity contribution >= 4 is 23.1 Å². The monoisotopic (exact) mass is 324 g/mol. The van der Waals surface area contributed by atoms with Gasteiger partial charge in [-0.1, -0.05) is 11.6 Å². The van der Waals surface area contributed by atoms with Gasteiger partial charge in [0.2, 0.25) is 0 Å². The van der Waals surface area contributed by atoms with Crippen LogP contribution >= 0.6 is 11.6 Å². The minimum atomic E-state index is -0.512. The minimum Gasteiger partial charge on any atom is -0.301 e. The highest BCUT2D eigenvalue weighted by Gasteiger charge is 2.24. The topological polar surface area (TPSA) is 63.5 Å². The van der Waals surface area contributed by atoms with E-state index in [-0.39, 0.29) is 16.5 Å². The maximum Gasteiger partial charge on any atom is 0.270 e. The number of hydrogen-bond acceptors (Lipinski definition) is 4. The van der Waals surface area contributed by atoms with Gasteiger partial charge in [0.1, 0.15) is 0 Å². The molecule has 0 radical (unpaired) electrons. The molecule has 0 amide bonds. The lowest BCUT2D eigenvalue weighted by molar-refractivity contribution is -0.384. The number of hydrogen-bond donors (Lipinski definition) is 0. The first-order valence-electron chi connectivity index (χ1n) is 7.59. The molecule has 1 aliphatic heterocycles. The van der Waals surface area contributed by atoms with E-state index in [1.165, 1.54) is 18.2 Å². The van der Waals surface area contributed by atoms with Gasteiger partial charge >= 0.3 is 0 Å². The molecule has 5 nitrogen and oxygen atoms in total. The van der Waals surface area contributed by atoms with E-state index in [9.17, 15) is 14.9 Å². The molecule has 0 aromatic heterocycles. The maximum absolute atomic E-state index is 12.4. The maximum atomic E-state index is 12.4. The number of nitrogens with zero attached hydrogens (tertiary/aromatic N) is 2. The van der Waals surface area contributed by atoms with Gasteiger partial charge in [0.25, 0.3) is 5.69 Å². The van der Waals surface area contributed by atoms with Crippen LogP contribution in [0.3, 0.4) is 0 Å². The molecule has 0 aliphatic carbocycles. The van der Waals surface area contributed by atoms with Crippen molar-refractivity contribution in [1.82, 2.24) is 4.90 Å². The van der Waals surface area contributed by atoms with Gasteiger partial charge in [0.05, 0.1) is 9.95 Å². The SMILES string of the molecule is CC(C)N1CCC(CC(=O)c2ccc([N+](=O)[O-])cc2Cl)CC1. The van der Waals surface area contributed by atoms with E-state index in [4.69, 9.17) is 11.6 Å². The molecule has 0 saturated carbocycles. The molecule has 1 saturated heterocycles. The fourth-order valence-electron chi connectivity index (χ4n) is 2.89. The zero-order valence-corrected chi connectivity index (χ0v) is 13.7. The van der Waals surface area contributed by atoms with Crippen molar-refractivity contribution < 1.29 is 9.72 Å². The van der Waals surface area contributed by atoms with Crippen LogP contribution in [0.5, 0.6) is 0 Å². The first-order chi connectivity index (χ1) is 10.4. The zero-order valence-electron chi connectivity index (χ0n) is 12.9. The molecule has 1 fully saturated rings. The average Bonchev–Trinajstić information content (AvgIpc) is 2.47. The molecule has 1 heterocycles. The molecule has 1 aromatic rings. The largest absolute Gasteiger partial charge is 0.301 e. The third-order valence-corrected chi connectivity index (χ3v) is 4.63. The highest BCUT2D eigenvalue weighted by atomic mass is 35.5. The van der Waals surface area contributed by atoms with Gasteiger partial charge in [-0.05, 0) is 51.8 Å². The van der Waals surface area contributed by atoms with Crippen molar-refractivity contribution in [2.24, 2.45) is 5.92 Å².